The molecular weight excluding hydrogens is 250 g/mol. The van der Waals surface area contributed by atoms with E-state index in [1.807, 2.05) is 18.5 Å². The molecule has 0 aliphatic carbocycles. The predicted molar refractivity (Wildman–Crippen MR) is 72.9 cm³/mol. The Morgan fingerprint density at radius 2 is 1.89 bits per heavy atom. The van der Waals surface area contributed by atoms with Crippen molar-refractivity contribution in [2.75, 3.05) is 13.1 Å². The molecular formula is C12H23N3O2S. The minimum Gasteiger partial charge on any atom is -0.352 e. The van der Waals surface area contributed by atoms with E-state index < -0.39 is 10.0 Å². The largest absolute Gasteiger partial charge is 0.352 e. The van der Waals surface area contributed by atoms with E-state index in [9.17, 15) is 8.42 Å². The second-order valence-electron chi connectivity index (χ2n) is 4.35. The lowest BCUT2D eigenvalue weighted by atomic mass is 10.4. The number of aryl methyl sites for hydroxylation is 1. The van der Waals surface area contributed by atoms with Crippen LogP contribution in [0.5, 0.6) is 0 Å². The van der Waals surface area contributed by atoms with Crippen molar-refractivity contribution in [1.29, 1.82) is 0 Å². The fourth-order valence-corrected chi connectivity index (χ4v) is 2.84. The van der Waals surface area contributed by atoms with Crippen LogP contribution in [0.4, 0.5) is 0 Å². The fraction of sp³-hybridized carbons (Fsp3) is 0.667. The monoisotopic (exact) mass is 273 g/mol. The Kier molecular flexibility index (Phi) is 5.84. The van der Waals surface area contributed by atoms with Crippen LogP contribution in [0.25, 0.3) is 0 Å². The van der Waals surface area contributed by atoms with Crippen molar-refractivity contribution in [3.05, 3.63) is 18.0 Å². The van der Waals surface area contributed by atoms with Gasteiger partial charge >= 0.3 is 0 Å². The van der Waals surface area contributed by atoms with Crippen molar-refractivity contribution in [2.24, 2.45) is 7.05 Å². The van der Waals surface area contributed by atoms with E-state index in [0.29, 0.717) is 18.0 Å². The summed E-state index contributed by atoms with van der Waals surface area (Å²) in [7, 11) is -1.49. The Morgan fingerprint density at radius 3 is 2.50 bits per heavy atom. The molecule has 0 saturated carbocycles. The van der Waals surface area contributed by atoms with Crippen LogP contribution in [0, 0.1) is 0 Å². The molecule has 2 N–H and O–H groups in total. The van der Waals surface area contributed by atoms with E-state index >= 15 is 0 Å². The molecule has 0 fully saturated rings. The van der Waals surface area contributed by atoms with Crippen molar-refractivity contribution in [1.82, 2.24) is 14.6 Å². The van der Waals surface area contributed by atoms with Gasteiger partial charge in [0.2, 0.25) is 10.0 Å². The third kappa shape index (κ3) is 4.12. The zero-order valence-corrected chi connectivity index (χ0v) is 12.2. The number of sulfonamides is 1. The van der Waals surface area contributed by atoms with Gasteiger partial charge < -0.3 is 9.88 Å². The molecule has 6 heteroatoms. The van der Waals surface area contributed by atoms with Crippen molar-refractivity contribution in [3.8, 4) is 0 Å². The summed E-state index contributed by atoms with van der Waals surface area (Å²) in [5.74, 6) is 0. The molecule has 1 heterocycles. The van der Waals surface area contributed by atoms with Gasteiger partial charge in [-0.15, -0.1) is 0 Å². The standard InChI is InChI=1S/C12H23N3O2S/c1-4-6-13-9-11-8-12(10-15(11)3)18(16,17)14-7-5-2/h8,10,13-14H,4-7,9H2,1-3H3. The summed E-state index contributed by atoms with van der Waals surface area (Å²) in [4.78, 5) is 0.340. The second kappa shape index (κ2) is 6.92. The first-order chi connectivity index (χ1) is 8.51. The van der Waals surface area contributed by atoms with Gasteiger partial charge in [-0.1, -0.05) is 13.8 Å². The fourth-order valence-electron chi connectivity index (χ4n) is 1.61. The molecule has 18 heavy (non-hydrogen) atoms. The Morgan fingerprint density at radius 1 is 1.22 bits per heavy atom. The van der Waals surface area contributed by atoms with E-state index in [1.165, 1.54) is 0 Å². The highest BCUT2D eigenvalue weighted by molar-refractivity contribution is 7.89. The molecule has 104 valence electrons. The lowest BCUT2D eigenvalue weighted by Gasteiger charge is -2.03. The van der Waals surface area contributed by atoms with Gasteiger partial charge in [0, 0.05) is 32.0 Å². The van der Waals surface area contributed by atoms with Crippen LogP contribution in [0.2, 0.25) is 0 Å². The van der Waals surface area contributed by atoms with E-state index in [4.69, 9.17) is 0 Å². The number of hydrogen-bond acceptors (Lipinski definition) is 3. The molecule has 1 aromatic heterocycles. The quantitative estimate of drug-likeness (QED) is 0.700. The average molecular weight is 273 g/mol. The third-order valence-corrected chi connectivity index (χ3v) is 4.10. The molecule has 0 aliphatic rings. The van der Waals surface area contributed by atoms with Crippen molar-refractivity contribution in [2.45, 2.75) is 38.1 Å². The van der Waals surface area contributed by atoms with Gasteiger partial charge in [-0.3, -0.25) is 0 Å². The van der Waals surface area contributed by atoms with E-state index in [0.717, 1.165) is 25.1 Å². The molecule has 0 radical (unpaired) electrons. The molecule has 0 atom stereocenters. The molecule has 0 unspecified atom stereocenters. The summed E-state index contributed by atoms with van der Waals surface area (Å²) in [5.41, 5.74) is 0.973. The number of nitrogens with one attached hydrogen (secondary N) is 2. The molecule has 0 amide bonds. The predicted octanol–water partition coefficient (Wildman–Crippen LogP) is 1.21. The molecule has 0 aromatic carbocycles. The van der Waals surface area contributed by atoms with Crippen LogP contribution in [0.3, 0.4) is 0 Å². The summed E-state index contributed by atoms with van der Waals surface area (Å²) in [5, 5.41) is 3.26. The highest BCUT2D eigenvalue weighted by atomic mass is 32.2. The minimum atomic E-state index is -3.35. The maximum atomic E-state index is 11.9. The van der Waals surface area contributed by atoms with E-state index in [1.54, 1.807) is 12.3 Å². The minimum absolute atomic E-state index is 0.340. The van der Waals surface area contributed by atoms with Gasteiger partial charge in [-0.2, -0.15) is 0 Å². The average Bonchev–Trinajstić information content (AvgIpc) is 2.70. The van der Waals surface area contributed by atoms with Gasteiger partial charge in [0.05, 0.1) is 4.90 Å². The lowest BCUT2D eigenvalue weighted by Crippen LogP contribution is -2.24. The maximum absolute atomic E-state index is 11.9. The van der Waals surface area contributed by atoms with Crippen LogP contribution in [0.15, 0.2) is 17.2 Å². The summed E-state index contributed by atoms with van der Waals surface area (Å²) in [6, 6.07) is 1.72. The summed E-state index contributed by atoms with van der Waals surface area (Å²) in [6.07, 6.45) is 3.51. The molecule has 0 spiro atoms. The van der Waals surface area contributed by atoms with Gasteiger partial charge in [-0.25, -0.2) is 13.1 Å². The van der Waals surface area contributed by atoms with Crippen LogP contribution in [-0.4, -0.2) is 26.1 Å². The van der Waals surface area contributed by atoms with E-state index in [2.05, 4.69) is 17.0 Å². The first kappa shape index (κ1) is 15.2. The summed E-state index contributed by atoms with van der Waals surface area (Å²) in [6.45, 7) is 6.13. The van der Waals surface area contributed by atoms with Crippen LogP contribution < -0.4 is 10.0 Å². The molecule has 0 saturated heterocycles. The van der Waals surface area contributed by atoms with Gasteiger partial charge in [-0.05, 0) is 25.5 Å². The van der Waals surface area contributed by atoms with Crippen molar-refractivity contribution >= 4 is 10.0 Å². The first-order valence-electron chi connectivity index (χ1n) is 6.37. The number of hydrogen-bond donors (Lipinski definition) is 2. The Balaban J connectivity index is 2.76. The Hall–Kier alpha value is -0.850. The maximum Gasteiger partial charge on any atom is 0.242 e. The van der Waals surface area contributed by atoms with Crippen molar-refractivity contribution < 1.29 is 8.42 Å². The smallest absolute Gasteiger partial charge is 0.242 e. The summed E-state index contributed by atoms with van der Waals surface area (Å²) < 4.78 is 28.3. The van der Waals surface area contributed by atoms with Crippen LogP contribution in [-0.2, 0) is 23.6 Å². The zero-order chi connectivity index (χ0) is 13.6. The number of rotatable bonds is 8. The van der Waals surface area contributed by atoms with Gasteiger partial charge in [0.1, 0.15) is 0 Å². The Labute approximate surface area is 110 Å². The SMILES string of the molecule is CCCNCc1cc(S(=O)(=O)NCCC)cn1C. The molecule has 1 aromatic rings. The molecule has 1 rings (SSSR count). The number of aromatic nitrogens is 1. The normalized spacial score (nSPS) is 11.9. The molecule has 0 aliphatic heterocycles. The zero-order valence-electron chi connectivity index (χ0n) is 11.4. The topological polar surface area (TPSA) is 63.1 Å². The first-order valence-corrected chi connectivity index (χ1v) is 7.85. The molecule has 0 bridgehead atoms. The summed E-state index contributed by atoms with van der Waals surface area (Å²) >= 11 is 0. The van der Waals surface area contributed by atoms with Gasteiger partial charge in [0.25, 0.3) is 0 Å². The second-order valence-corrected chi connectivity index (χ2v) is 6.12. The molecule has 5 nitrogen and oxygen atoms in total. The van der Waals surface area contributed by atoms with Crippen LogP contribution in [0.1, 0.15) is 32.4 Å². The van der Waals surface area contributed by atoms with Crippen LogP contribution >= 0.6 is 0 Å². The Bertz CT molecular complexity index is 466. The van der Waals surface area contributed by atoms with Gasteiger partial charge in [0.15, 0.2) is 0 Å². The highest BCUT2D eigenvalue weighted by Crippen LogP contribution is 2.13. The highest BCUT2D eigenvalue weighted by Gasteiger charge is 2.16. The van der Waals surface area contributed by atoms with Crippen molar-refractivity contribution in [3.63, 3.8) is 0 Å². The number of nitrogens with zero attached hydrogens (tertiary/aromatic N) is 1. The third-order valence-electron chi connectivity index (χ3n) is 2.67. The lowest BCUT2D eigenvalue weighted by molar-refractivity contribution is 0.580. The van der Waals surface area contributed by atoms with E-state index in [-0.39, 0.29) is 0 Å².